The summed E-state index contributed by atoms with van der Waals surface area (Å²) in [5, 5.41) is 0. The van der Waals surface area contributed by atoms with Crippen molar-refractivity contribution in [2.24, 2.45) is 0 Å². The average molecular weight is 415 g/mol. The lowest BCUT2D eigenvalue weighted by atomic mass is 9.88. The minimum atomic E-state index is -3.37. The summed E-state index contributed by atoms with van der Waals surface area (Å²) in [6.07, 6.45) is 3.56. The highest BCUT2D eigenvalue weighted by Crippen LogP contribution is 2.32. The first-order valence-electron chi connectivity index (χ1n) is 9.99. The van der Waals surface area contributed by atoms with Crippen LogP contribution in [0.2, 0.25) is 0 Å². The molecule has 0 radical (unpaired) electrons. The van der Waals surface area contributed by atoms with Crippen LogP contribution in [0, 0.1) is 0 Å². The van der Waals surface area contributed by atoms with E-state index in [0.717, 1.165) is 24.7 Å². The van der Waals surface area contributed by atoms with Gasteiger partial charge in [0.05, 0.1) is 18.9 Å². The van der Waals surface area contributed by atoms with E-state index < -0.39 is 10.0 Å². The monoisotopic (exact) mass is 414 g/mol. The number of benzene rings is 2. The molecule has 1 saturated heterocycles. The van der Waals surface area contributed by atoms with Crippen molar-refractivity contribution < 1.29 is 17.9 Å². The number of nitrogens with one attached hydrogen (secondary N) is 1. The summed E-state index contributed by atoms with van der Waals surface area (Å²) in [5.41, 5.74) is 4.76. The molecule has 1 amide bonds. The van der Waals surface area contributed by atoms with Crippen molar-refractivity contribution in [2.45, 2.75) is 37.8 Å². The fourth-order valence-corrected chi connectivity index (χ4v) is 5.30. The molecule has 1 N–H and O–H groups in total. The second kappa shape index (κ2) is 8.16. The van der Waals surface area contributed by atoms with Gasteiger partial charge in [0, 0.05) is 12.6 Å². The normalized spacial score (nSPS) is 22.5. The second-order valence-corrected chi connectivity index (χ2v) is 9.56. The smallest absolute Gasteiger partial charge is 0.410 e. The Labute approximate surface area is 171 Å². The van der Waals surface area contributed by atoms with E-state index in [4.69, 9.17) is 4.74 Å². The van der Waals surface area contributed by atoms with Gasteiger partial charge in [-0.25, -0.2) is 17.9 Å². The van der Waals surface area contributed by atoms with Crippen molar-refractivity contribution in [3.63, 3.8) is 0 Å². The Balaban J connectivity index is 1.74. The summed E-state index contributed by atoms with van der Waals surface area (Å²) in [6.45, 7) is 0.846. The Bertz CT molecular complexity index is 991. The van der Waals surface area contributed by atoms with Crippen LogP contribution in [0.1, 0.15) is 24.0 Å². The van der Waals surface area contributed by atoms with Gasteiger partial charge in [0.2, 0.25) is 10.0 Å². The molecule has 6 nitrogen and oxygen atoms in total. The van der Waals surface area contributed by atoms with Gasteiger partial charge < -0.3 is 9.64 Å². The molecule has 29 heavy (non-hydrogen) atoms. The van der Waals surface area contributed by atoms with Crippen LogP contribution in [0.3, 0.4) is 0 Å². The third-order valence-corrected chi connectivity index (χ3v) is 6.46. The number of rotatable bonds is 3. The van der Waals surface area contributed by atoms with E-state index in [-0.39, 0.29) is 18.2 Å². The maximum absolute atomic E-state index is 12.6. The number of hydrogen-bond donors (Lipinski definition) is 1. The first kappa shape index (κ1) is 19.9. The van der Waals surface area contributed by atoms with Crippen LogP contribution in [0.25, 0.3) is 11.1 Å². The van der Waals surface area contributed by atoms with Crippen LogP contribution in [0.5, 0.6) is 0 Å². The van der Waals surface area contributed by atoms with Gasteiger partial charge in [0.1, 0.15) is 0 Å². The third-order valence-electron chi connectivity index (χ3n) is 5.73. The highest BCUT2D eigenvalue weighted by atomic mass is 32.2. The topological polar surface area (TPSA) is 75.7 Å². The van der Waals surface area contributed by atoms with Gasteiger partial charge in [0.25, 0.3) is 0 Å². The van der Waals surface area contributed by atoms with E-state index in [1.807, 2.05) is 24.3 Å². The number of fused-ring (bicyclic) bond motifs is 2. The Morgan fingerprint density at radius 1 is 1.10 bits per heavy atom. The van der Waals surface area contributed by atoms with Crippen LogP contribution in [-0.2, 0) is 27.6 Å². The summed E-state index contributed by atoms with van der Waals surface area (Å²) in [7, 11) is -3.37. The molecule has 2 aromatic carbocycles. The van der Waals surface area contributed by atoms with Crippen molar-refractivity contribution in [1.82, 2.24) is 9.62 Å². The molecule has 0 spiro atoms. The number of sulfonamides is 1. The fourth-order valence-electron chi connectivity index (χ4n) is 4.47. The molecular formula is C22H26N2O4S. The van der Waals surface area contributed by atoms with E-state index in [1.165, 1.54) is 16.7 Å². The van der Waals surface area contributed by atoms with Crippen LogP contribution < -0.4 is 4.72 Å². The number of ether oxygens (including phenoxy) is 1. The predicted octanol–water partition coefficient (Wildman–Crippen LogP) is 2.97. The molecule has 2 heterocycles. The first-order chi connectivity index (χ1) is 13.9. The lowest BCUT2D eigenvalue weighted by Gasteiger charge is -2.30. The summed E-state index contributed by atoms with van der Waals surface area (Å²) < 4.78 is 31.9. The quantitative estimate of drug-likeness (QED) is 0.838. The van der Waals surface area contributed by atoms with Gasteiger partial charge in [-0.3, -0.25) is 0 Å². The second-order valence-electron chi connectivity index (χ2n) is 7.78. The van der Waals surface area contributed by atoms with Crippen LogP contribution in [0.4, 0.5) is 4.79 Å². The molecule has 0 aliphatic carbocycles. The van der Waals surface area contributed by atoms with Gasteiger partial charge in [-0.05, 0) is 47.9 Å². The van der Waals surface area contributed by atoms with E-state index >= 15 is 0 Å². The van der Waals surface area contributed by atoms with E-state index in [9.17, 15) is 13.2 Å². The zero-order chi connectivity index (χ0) is 20.4. The molecule has 0 aromatic heterocycles. The van der Waals surface area contributed by atoms with Crippen molar-refractivity contribution in [1.29, 1.82) is 0 Å². The highest BCUT2D eigenvalue weighted by molar-refractivity contribution is 7.88. The number of carbonyl (C=O) groups excluding carboxylic acids is 1. The molecule has 7 heteroatoms. The molecule has 2 atom stereocenters. The minimum absolute atomic E-state index is 0.264. The highest BCUT2D eigenvalue weighted by Gasteiger charge is 2.40. The van der Waals surface area contributed by atoms with Crippen molar-refractivity contribution in [3.05, 3.63) is 59.7 Å². The summed E-state index contributed by atoms with van der Waals surface area (Å²) in [5.74, 6) is 0. The average Bonchev–Trinajstić information content (AvgIpc) is 3.07. The van der Waals surface area contributed by atoms with Crippen LogP contribution in [0.15, 0.2) is 48.5 Å². The van der Waals surface area contributed by atoms with Gasteiger partial charge >= 0.3 is 6.09 Å². The van der Waals surface area contributed by atoms with Crippen molar-refractivity contribution in [3.8, 4) is 11.1 Å². The number of cyclic esters (lactones) is 1. The van der Waals surface area contributed by atoms with Gasteiger partial charge in [-0.1, -0.05) is 48.5 Å². The summed E-state index contributed by atoms with van der Waals surface area (Å²) in [4.78, 5) is 14.2. The molecule has 2 aliphatic rings. The molecule has 2 aliphatic heterocycles. The van der Waals surface area contributed by atoms with E-state index in [0.29, 0.717) is 26.0 Å². The summed E-state index contributed by atoms with van der Waals surface area (Å²) >= 11 is 0. The molecule has 2 unspecified atom stereocenters. The third kappa shape index (κ3) is 4.46. The molecule has 0 saturated carbocycles. The van der Waals surface area contributed by atoms with E-state index in [2.05, 4.69) is 29.0 Å². The van der Waals surface area contributed by atoms with Gasteiger partial charge in [0.15, 0.2) is 0 Å². The Morgan fingerprint density at radius 2 is 1.90 bits per heavy atom. The number of amides is 1. The Hall–Kier alpha value is -2.38. The molecule has 1 fully saturated rings. The maximum atomic E-state index is 12.6. The Kier molecular flexibility index (Phi) is 5.61. The van der Waals surface area contributed by atoms with Gasteiger partial charge in [-0.2, -0.15) is 0 Å². The summed E-state index contributed by atoms with van der Waals surface area (Å²) in [6, 6.07) is 16.0. The number of carbonyl (C=O) groups is 1. The maximum Gasteiger partial charge on any atom is 0.410 e. The lowest BCUT2D eigenvalue weighted by Crippen LogP contribution is -2.48. The van der Waals surface area contributed by atoms with E-state index in [1.54, 1.807) is 4.90 Å². The van der Waals surface area contributed by atoms with Crippen molar-refractivity contribution >= 4 is 16.1 Å². The zero-order valence-electron chi connectivity index (χ0n) is 16.5. The first-order valence-corrected chi connectivity index (χ1v) is 11.9. The molecule has 0 bridgehead atoms. The standard InChI is InChI=1S/C22H26N2O4S/c1-29(26,27)23-20-12-13-24-21(20)15-17-9-5-10-18(16-7-3-2-4-8-16)19(17)11-6-14-28-22(24)25/h2-5,7-10,20-21,23H,6,11-15H2,1H3. The SMILES string of the molecule is CS(=O)(=O)NC1CCN2C(=O)OCCCc3c(cccc3-c3ccccc3)CC12. The molecular weight excluding hydrogens is 388 g/mol. The minimum Gasteiger partial charge on any atom is -0.449 e. The molecule has 154 valence electrons. The predicted molar refractivity (Wildman–Crippen MR) is 112 cm³/mol. The zero-order valence-corrected chi connectivity index (χ0v) is 17.3. The van der Waals surface area contributed by atoms with Gasteiger partial charge in [-0.15, -0.1) is 0 Å². The lowest BCUT2D eigenvalue weighted by molar-refractivity contribution is 0.0943. The van der Waals surface area contributed by atoms with Crippen LogP contribution >= 0.6 is 0 Å². The Morgan fingerprint density at radius 3 is 2.66 bits per heavy atom. The fraction of sp³-hybridized carbons (Fsp3) is 0.409. The molecule has 2 aromatic rings. The van der Waals surface area contributed by atoms with Crippen LogP contribution in [-0.4, -0.2) is 50.9 Å². The molecule has 4 rings (SSSR count). The van der Waals surface area contributed by atoms with Crippen molar-refractivity contribution in [2.75, 3.05) is 19.4 Å². The number of nitrogens with zero attached hydrogens (tertiary/aromatic N) is 1. The largest absolute Gasteiger partial charge is 0.449 e. The number of hydrogen-bond acceptors (Lipinski definition) is 4.